The van der Waals surface area contributed by atoms with Gasteiger partial charge in [0.1, 0.15) is 0 Å². The van der Waals surface area contributed by atoms with E-state index in [2.05, 4.69) is 37.2 Å². The summed E-state index contributed by atoms with van der Waals surface area (Å²) in [5.74, 6) is 0. The van der Waals surface area contributed by atoms with Gasteiger partial charge in [0.25, 0.3) is 5.24 Å². The summed E-state index contributed by atoms with van der Waals surface area (Å²) in [6.45, 7) is 2.64. The fraction of sp³-hybridized carbons (Fsp3) is 0.364. The van der Waals surface area contributed by atoms with Crippen molar-refractivity contribution in [1.29, 1.82) is 0 Å². The van der Waals surface area contributed by atoms with Gasteiger partial charge >= 0.3 is 0 Å². The molecule has 2 nitrogen and oxygen atoms in total. The number of nitrogens with one attached hydrogen (secondary N) is 1. The van der Waals surface area contributed by atoms with E-state index in [-0.39, 0.29) is 10.1 Å². The average molecular weight is 367 g/mol. The molecule has 1 N–H and O–H groups in total. The molecule has 1 aromatic rings. The molecule has 88 valence electrons. The summed E-state index contributed by atoms with van der Waals surface area (Å²) in [4.78, 5) is 12.8. The highest BCUT2D eigenvalue weighted by molar-refractivity contribution is 9.12. The van der Waals surface area contributed by atoms with Gasteiger partial charge in [0.15, 0.2) is 0 Å². The molecule has 1 unspecified atom stereocenters. The molecule has 1 aromatic carbocycles. The van der Waals surface area contributed by atoms with Gasteiger partial charge in [-0.05, 0) is 30.8 Å². The molecule has 16 heavy (non-hydrogen) atoms. The number of carbonyl (C=O) groups is 1. The predicted molar refractivity (Wildman–Crippen MR) is 76.9 cm³/mol. The average Bonchev–Trinajstić information content (AvgIpc) is 2.26. The van der Waals surface area contributed by atoms with Gasteiger partial charge in [-0.2, -0.15) is 0 Å². The molecule has 0 saturated heterocycles. The lowest BCUT2D eigenvalue weighted by atomic mass is 10.2. The minimum absolute atomic E-state index is 0.0176. The zero-order chi connectivity index (χ0) is 12.0. The number of rotatable bonds is 4. The molecule has 0 radical (unpaired) electrons. The van der Waals surface area contributed by atoms with Crippen LogP contribution in [-0.2, 0) is 0 Å². The molecule has 5 heteroatoms. The standard InChI is InChI=1S/C11H13Br2NOS/c1-8-3-2-4-10(5-8)16-11(15)14-7-9(13)6-12/h2-5,9H,6-7H2,1H3,(H,14,15). The van der Waals surface area contributed by atoms with Crippen molar-refractivity contribution in [3.8, 4) is 0 Å². The molecule has 1 atom stereocenters. The predicted octanol–water partition coefficient (Wildman–Crippen LogP) is 3.96. The van der Waals surface area contributed by atoms with E-state index >= 15 is 0 Å². The lowest BCUT2D eigenvalue weighted by Gasteiger charge is -2.07. The summed E-state index contributed by atoms with van der Waals surface area (Å²) < 4.78 is 0. The van der Waals surface area contributed by atoms with Crippen LogP contribution in [0.4, 0.5) is 4.79 Å². The Morgan fingerprint density at radius 3 is 2.94 bits per heavy atom. The molecule has 0 aliphatic heterocycles. The first-order valence-corrected chi connectivity index (χ1v) is 7.69. The third kappa shape index (κ3) is 5.37. The van der Waals surface area contributed by atoms with E-state index in [9.17, 15) is 4.79 Å². The third-order valence-electron chi connectivity index (χ3n) is 1.84. The van der Waals surface area contributed by atoms with Crippen molar-refractivity contribution >= 4 is 48.9 Å². The summed E-state index contributed by atoms with van der Waals surface area (Å²) in [7, 11) is 0. The lowest BCUT2D eigenvalue weighted by Crippen LogP contribution is -2.26. The minimum Gasteiger partial charge on any atom is -0.346 e. The topological polar surface area (TPSA) is 29.1 Å². The first-order chi connectivity index (χ1) is 7.61. The molecular formula is C11H13Br2NOS. The van der Waals surface area contributed by atoms with Crippen LogP contribution in [0.3, 0.4) is 0 Å². The number of benzene rings is 1. The van der Waals surface area contributed by atoms with E-state index in [4.69, 9.17) is 0 Å². The summed E-state index contributed by atoms with van der Waals surface area (Å²) in [6.07, 6.45) is 0. The fourth-order valence-electron chi connectivity index (χ4n) is 1.07. The maximum atomic E-state index is 11.6. The van der Waals surface area contributed by atoms with Crippen molar-refractivity contribution in [3.05, 3.63) is 29.8 Å². The Hall–Kier alpha value is -0.000000000000000111. The molecule has 0 aliphatic rings. The highest BCUT2D eigenvalue weighted by Gasteiger charge is 2.07. The molecule has 0 bridgehead atoms. The first kappa shape index (κ1) is 14.1. The van der Waals surface area contributed by atoms with Gasteiger partial charge in [-0.3, -0.25) is 4.79 Å². The van der Waals surface area contributed by atoms with Crippen molar-refractivity contribution in [2.75, 3.05) is 11.9 Å². The zero-order valence-corrected chi connectivity index (χ0v) is 12.9. The van der Waals surface area contributed by atoms with Crippen molar-refractivity contribution in [2.24, 2.45) is 0 Å². The van der Waals surface area contributed by atoms with E-state index in [0.717, 1.165) is 15.8 Å². The number of carbonyl (C=O) groups excluding carboxylic acids is 1. The van der Waals surface area contributed by atoms with Gasteiger partial charge in [-0.15, -0.1) is 0 Å². The number of halogens is 2. The van der Waals surface area contributed by atoms with Crippen LogP contribution in [0.25, 0.3) is 0 Å². The van der Waals surface area contributed by atoms with Crippen LogP contribution in [0.2, 0.25) is 0 Å². The molecule has 1 amide bonds. The largest absolute Gasteiger partial charge is 0.346 e. The van der Waals surface area contributed by atoms with Crippen molar-refractivity contribution < 1.29 is 4.79 Å². The number of hydrogen-bond donors (Lipinski definition) is 1. The lowest BCUT2D eigenvalue weighted by molar-refractivity contribution is 0.261. The Kier molecular flexibility index (Phi) is 6.46. The van der Waals surface area contributed by atoms with E-state index in [1.807, 2.05) is 31.2 Å². The van der Waals surface area contributed by atoms with Crippen LogP contribution in [0, 0.1) is 6.92 Å². The van der Waals surface area contributed by atoms with Gasteiger partial charge in [-0.1, -0.05) is 49.6 Å². The van der Waals surface area contributed by atoms with Gasteiger partial charge < -0.3 is 5.32 Å². The summed E-state index contributed by atoms with van der Waals surface area (Å²) >= 11 is 7.99. The molecule has 0 fully saturated rings. The number of aryl methyl sites for hydroxylation is 1. The van der Waals surface area contributed by atoms with Crippen LogP contribution >= 0.6 is 43.6 Å². The molecule has 0 aromatic heterocycles. The van der Waals surface area contributed by atoms with Crippen LogP contribution in [0.15, 0.2) is 29.2 Å². The van der Waals surface area contributed by atoms with E-state index in [1.165, 1.54) is 11.8 Å². The molecule has 1 rings (SSSR count). The molecule has 0 heterocycles. The Morgan fingerprint density at radius 2 is 2.31 bits per heavy atom. The minimum atomic E-state index is -0.0176. The second-order valence-electron chi connectivity index (χ2n) is 3.34. The van der Waals surface area contributed by atoms with Crippen LogP contribution < -0.4 is 5.32 Å². The molecular weight excluding hydrogens is 354 g/mol. The normalized spacial score (nSPS) is 12.2. The maximum Gasteiger partial charge on any atom is 0.283 e. The second-order valence-corrected chi connectivity index (χ2v) is 6.33. The van der Waals surface area contributed by atoms with Crippen LogP contribution in [0.5, 0.6) is 0 Å². The van der Waals surface area contributed by atoms with Gasteiger partial charge in [0, 0.05) is 21.6 Å². The number of alkyl halides is 2. The maximum absolute atomic E-state index is 11.6. The Bertz CT molecular complexity index is 360. The van der Waals surface area contributed by atoms with Crippen LogP contribution in [0.1, 0.15) is 5.56 Å². The van der Waals surface area contributed by atoms with Gasteiger partial charge in [0.2, 0.25) is 0 Å². The third-order valence-corrected chi connectivity index (χ3v) is 4.95. The zero-order valence-electron chi connectivity index (χ0n) is 8.87. The van der Waals surface area contributed by atoms with E-state index in [0.29, 0.717) is 6.54 Å². The Balaban J connectivity index is 2.40. The number of hydrogen-bond acceptors (Lipinski definition) is 2. The second kappa shape index (κ2) is 7.35. The van der Waals surface area contributed by atoms with Crippen molar-refractivity contribution in [3.63, 3.8) is 0 Å². The monoisotopic (exact) mass is 365 g/mol. The smallest absolute Gasteiger partial charge is 0.283 e. The van der Waals surface area contributed by atoms with Gasteiger partial charge in [-0.25, -0.2) is 0 Å². The highest BCUT2D eigenvalue weighted by Crippen LogP contribution is 2.19. The van der Waals surface area contributed by atoms with E-state index in [1.54, 1.807) is 0 Å². The van der Waals surface area contributed by atoms with Crippen molar-refractivity contribution in [1.82, 2.24) is 5.32 Å². The quantitative estimate of drug-likeness (QED) is 0.645. The Labute approximate surface area is 117 Å². The Morgan fingerprint density at radius 1 is 1.56 bits per heavy atom. The fourth-order valence-corrected chi connectivity index (χ4v) is 2.22. The van der Waals surface area contributed by atoms with Crippen LogP contribution in [-0.4, -0.2) is 21.9 Å². The van der Waals surface area contributed by atoms with E-state index < -0.39 is 0 Å². The number of amides is 1. The summed E-state index contributed by atoms with van der Waals surface area (Å²) in [5, 5.41) is 3.65. The molecule has 0 spiro atoms. The summed E-state index contributed by atoms with van der Waals surface area (Å²) in [6, 6.07) is 7.91. The SMILES string of the molecule is Cc1cccc(SC(=O)NCC(Br)CBr)c1. The van der Waals surface area contributed by atoms with Gasteiger partial charge in [0.05, 0.1) is 0 Å². The van der Waals surface area contributed by atoms with Crippen molar-refractivity contribution in [2.45, 2.75) is 16.6 Å². The molecule has 0 saturated carbocycles. The molecule has 0 aliphatic carbocycles. The first-order valence-electron chi connectivity index (χ1n) is 4.84. The number of thioether (sulfide) groups is 1. The highest BCUT2D eigenvalue weighted by atomic mass is 79.9. The summed E-state index contributed by atoms with van der Waals surface area (Å²) in [5.41, 5.74) is 1.16.